The summed E-state index contributed by atoms with van der Waals surface area (Å²) >= 11 is 0. The van der Waals surface area contributed by atoms with Crippen LogP contribution in [-0.2, 0) is 13.1 Å². The Hall–Kier alpha value is -2.92. The monoisotopic (exact) mass is 394 g/mol. The number of rotatable bonds is 7. The van der Waals surface area contributed by atoms with E-state index < -0.39 is 0 Å². The van der Waals surface area contributed by atoms with Gasteiger partial charge in [0.2, 0.25) is 0 Å². The van der Waals surface area contributed by atoms with Gasteiger partial charge in [-0.15, -0.1) is 0 Å². The van der Waals surface area contributed by atoms with Crippen molar-refractivity contribution in [2.45, 2.75) is 46.8 Å². The summed E-state index contributed by atoms with van der Waals surface area (Å²) < 4.78 is 19.8. The molecule has 0 saturated carbocycles. The molecule has 1 aromatic heterocycles. The van der Waals surface area contributed by atoms with Crippen LogP contribution in [0, 0.1) is 19.7 Å². The van der Waals surface area contributed by atoms with Crippen molar-refractivity contribution in [3.05, 3.63) is 88.6 Å². The Morgan fingerprint density at radius 1 is 1.03 bits per heavy atom. The average molecular weight is 394 g/mol. The molecule has 3 rings (SSSR count). The Morgan fingerprint density at radius 2 is 1.79 bits per heavy atom. The van der Waals surface area contributed by atoms with Gasteiger partial charge in [0.25, 0.3) is 5.91 Å². The molecule has 5 heteroatoms. The third kappa shape index (κ3) is 5.33. The second kappa shape index (κ2) is 9.05. The molecule has 0 bridgehead atoms. The van der Waals surface area contributed by atoms with E-state index in [2.05, 4.69) is 24.1 Å². The van der Waals surface area contributed by atoms with E-state index >= 15 is 0 Å². The van der Waals surface area contributed by atoms with Crippen LogP contribution in [0.2, 0.25) is 0 Å². The first-order valence-corrected chi connectivity index (χ1v) is 9.78. The van der Waals surface area contributed by atoms with Crippen LogP contribution in [0.25, 0.3) is 0 Å². The number of carbonyl (C=O) groups excluding carboxylic acids is 1. The van der Waals surface area contributed by atoms with Crippen LogP contribution in [0.1, 0.15) is 46.9 Å². The maximum Gasteiger partial charge on any atom is 0.291 e. The standard InChI is InChI=1S/C24H27FN2O2/c1-16(2)27(14-19-7-5-6-8-22(19)25)15-21-11-12-23(29-21)24(28)26-20-10-9-17(3)18(4)13-20/h5-13,16H,14-15H2,1-4H3,(H,26,28). The Bertz CT molecular complexity index is 994. The SMILES string of the molecule is Cc1ccc(NC(=O)c2ccc(CN(Cc3ccccc3F)C(C)C)o2)cc1C. The van der Waals surface area contributed by atoms with E-state index in [1.165, 1.54) is 11.6 Å². The molecule has 0 spiro atoms. The number of anilines is 1. The first-order chi connectivity index (χ1) is 13.8. The molecule has 0 aliphatic carbocycles. The van der Waals surface area contributed by atoms with Crippen LogP contribution >= 0.6 is 0 Å². The maximum atomic E-state index is 14.0. The molecule has 1 N–H and O–H groups in total. The predicted octanol–water partition coefficient (Wildman–Crippen LogP) is 5.70. The molecule has 2 aromatic carbocycles. The van der Waals surface area contributed by atoms with E-state index in [9.17, 15) is 9.18 Å². The molecule has 29 heavy (non-hydrogen) atoms. The fourth-order valence-corrected chi connectivity index (χ4v) is 3.06. The second-order valence-corrected chi connectivity index (χ2v) is 7.61. The van der Waals surface area contributed by atoms with Gasteiger partial charge in [-0.3, -0.25) is 9.69 Å². The third-order valence-corrected chi connectivity index (χ3v) is 5.07. The van der Waals surface area contributed by atoms with Crippen LogP contribution < -0.4 is 5.32 Å². The van der Waals surface area contributed by atoms with E-state index in [0.717, 1.165) is 11.3 Å². The Labute approximate surface area is 171 Å². The molecule has 0 fully saturated rings. The van der Waals surface area contributed by atoms with E-state index in [4.69, 9.17) is 4.42 Å². The van der Waals surface area contributed by atoms with Gasteiger partial charge in [-0.05, 0) is 69.2 Å². The van der Waals surface area contributed by atoms with Gasteiger partial charge in [0.15, 0.2) is 5.76 Å². The van der Waals surface area contributed by atoms with Gasteiger partial charge in [-0.2, -0.15) is 0 Å². The lowest BCUT2D eigenvalue weighted by Crippen LogP contribution is -2.30. The fourth-order valence-electron chi connectivity index (χ4n) is 3.06. The molecule has 1 amide bonds. The number of aryl methyl sites for hydroxylation is 2. The van der Waals surface area contributed by atoms with Crippen LogP contribution in [0.5, 0.6) is 0 Å². The minimum atomic E-state index is -0.287. The van der Waals surface area contributed by atoms with Gasteiger partial charge in [-0.25, -0.2) is 4.39 Å². The second-order valence-electron chi connectivity index (χ2n) is 7.61. The minimum absolute atomic E-state index is 0.188. The molecule has 3 aromatic rings. The van der Waals surface area contributed by atoms with Crippen molar-refractivity contribution < 1.29 is 13.6 Å². The molecule has 4 nitrogen and oxygen atoms in total. The van der Waals surface area contributed by atoms with Gasteiger partial charge < -0.3 is 9.73 Å². The normalized spacial score (nSPS) is 11.3. The summed E-state index contributed by atoms with van der Waals surface area (Å²) in [4.78, 5) is 14.6. The Balaban J connectivity index is 1.68. The molecule has 152 valence electrons. The first-order valence-electron chi connectivity index (χ1n) is 9.78. The lowest BCUT2D eigenvalue weighted by molar-refractivity contribution is 0.0991. The topological polar surface area (TPSA) is 45.5 Å². The number of benzene rings is 2. The number of nitrogens with zero attached hydrogens (tertiary/aromatic N) is 1. The van der Waals surface area contributed by atoms with Crippen LogP contribution in [-0.4, -0.2) is 16.8 Å². The van der Waals surface area contributed by atoms with Crippen molar-refractivity contribution in [2.24, 2.45) is 0 Å². The number of halogens is 1. The Kier molecular flexibility index (Phi) is 6.49. The lowest BCUT2D eigenvalue weighted by atomic mass is 10.1. The third-order valence-electron chi connectivity index (χ3n) is 5.07. The summed E-state index contributed by atoms with van der Waals surface area (Å²) in [6.45, 7) is 9.10. The van der Waals surface area contributed by atoms with Crippen molar-refractivity contribution in [2.75, 3.05) is 5.32 Å². The molecule has 1 heterocycles. The largest absolute Gasteiger partial charge is 0.455 e. The highest BCUT2D eigenvalue weighted by molar-refractivity contribution is 6.02. The van der Waals surface area contributed by atoms with Gasteiger partial charge in [0, 0.05) is 23.8 Å². The zero-order chi connectivity index (χ0) is 21.0. The van der Waals surface area contributed by atoms with E-state index in [1.807, 2.05) is 38.1 Å². The number of nitrogens with one attached hydrogen (secondary N) is 1. The highest BCUT2D eigenvalue weighted by atomic mass is 19.1. The van der Waals surface area contributed by atoms with Crippen LogP contribution in [0.15, 0.2) is 59.0 Å². The summed E-state index contributed by atoms with van der Waals surface area (Å²) in [6.07, 6.45) is 0. The summed E-state index contributed by atoms with van der Waals surface area (Å²) in [5.41, 5.74) is 3.66. The molecular weight excluding hydrogens is 367 g/mol. The molecular formula is C24H27FN2O2. The molecule has 0 aliphatic heterocycles. The van der Waals surface area contributed by atoms with Gasteiger partial charge in [0.1, 0.15) is 11.6 Å². The van der Waals surface area contributed by atoms with Crippen molar-refractivity contribution >= 4 is 11.6 Å². The minimum Gasteiger partial charge on any atom is -0.455 e. The highest BCUT2D eigenvalue weighted by Gasteiger charge is 2.17. The lowest BCUT2D eigenvalue weighted by Gasteiger charge is -2.25. The zero-order valence-electron chi connectivity index (χ0n) is 17.3. The maximum absolute atomic E-state index is 14.0. The van der Waals surface area contributed by atoms with E-state index in [0.29, 0.717) is 24.4 Å². The molecule has 0 saturated heterocycles. The van der Waals surface area contributed by atoms with Gasteiger partial charge in [0.05, 0.1) is 6.54 Å². The predicted molar refractivity (Wildman–Crippen MR) is 113 cm³/mol. The summed E-state index contributed by atoms with van der Waals surface area (Å²) in [5, 5.41) is 2.87. The fraction of sp³-hybridized carbons (Fsp3) is 0.292. The van der Waals surface area contributed by atoms with Gasteiger partial charge in [-0.1, -0.05) is 24.3 Å². The molecule has 0 radical (unpaired) electrons. The summed E-state index contributed by atoms with van der Waals surface area (Å²) in [7, 11) is 0. The summed E-state index contributed by atoms with van der Waals surface area (Å²) in [6, 6.07) is 16.2. The van der Waals surface area contributed by atoms with E-state index in [-0.39, 0.29) is 23.5 Å². The van der Waals surface area contributed by atoms with Crippen LogP contribution in [0.4, 0.5) is 10.1 Å². The van der Waals surface area contributed by atoms with Gasteiger partial charge >= 0.3 is 0 Å². The molecule has 0 atom stereocenters. The highest BCUT2D eigenvalue weighted by Crippen LogP contribution is 2.19. The number of amides is 1. The summed E-state index contributed by atoms with van der Waals surface area (Å²) in [5.74, 6) is 0.420. The first kappa shape index (κ1) is 20.8. The van der Waals surface area contributed by atoms with Crippen LogP contribution in [0.3, 0.4) is 0 Å². The molecule has 0 unspecified atom stereocenters. The average Bonchev–Trinajstić information content (AvgIpc) is 3.14. The van der Waals surface area contributed by atoms with Crippen molar-refractivity contribution in [1.29, 1.82) is 0 Å². The number of hydrogen-bond donors (Lipinski definition) is 1. The molecule has 0 aliphatic rings. The quantitative estimate of drug-likeness (QED) is 0.559. The van der Waals surface area contributed by atoms with Crippen molar-refractivity contribution in [3.63, 3.8) is 0 Å². The smallest absolute Gasteiger partial charge is 0.291 e. The number of furan rings is 1. The number of carbonyl (C=O) groups is 1. The van der Waals surface area contributed by atoms with E-state index in [1.54, 1.807) is 24.3 Å². The van der Waals surface area contributed by atoms with Crippen molar-refractivity contribution in [3.8, 4) is 0 Å². The Morgan fingerprint density at radius 3 is 2.48 bits per heavy atom. The van der Waals surface area contributed by atoms with Crippen molar-refractivity contribution in [1.82, 2.24) is 4.90 Å². The zero-order valence-corrected chi connectivity index (χ0v) is 17.3. The number of hydrogen-bond acceptors (Lipinski definition) is 3.